The van der Waals surface area contributed by atoms with E-state index in [9.17, 15) is 4.79 Å². The van der Waals surface area contributed by atoms with E-state index in [-0.39, 0.29) is 28.3 Å². The first-order chi connectivity index (χ1) is 20.3. The zero-order valence-corrected chi connectivity index (χ0v) is 30.0. The molecule has 1 heterocycles. The first kappa shape index (κ1) is 37.3. The van der Waals surface area contributed by atoms with E-state index in [0.717, 1.165) is 48.0 Å². The molecule has 1 N–H and O–H groups in total. The SMILES string of the molecule is Br.CCCCCCCCCCCCCCOc1cc(CC(=O)Nc2ccccc2CN2CSC=C2C)ccc1C(C)(C)C. The number of unbranched alkanes of at least 4 members (excludes halogenated alkanes) is 11. The topological polar surface area (TPSA) is 41.6 Å². The molecule has 0 saturated carbocycles. The van der Waals surface area contributed by atoms with Gasteiger partial charge in [-0.05, 0) is 53.0 Å². The average Bonchev–Trinajstić information content (AvgIpc) is 3.35. The second kappa shape index (κ2) is 20.2. The lowest BCUT2D eigenvalue weighted by atomic mass is 9.85. The highest BCUT2D eigenvalue weighted by atomic mass is 79.9. The number of hydrogen-bond acceptors (Lipinski definition) is 4. The van der Waals surface area contributed by atoms with Gasteiger partial charge in [-0.15, -0.1) is 28.7 Å². The number of carbonyl (C=O) groups excluding carboxylic acids is 1. The summed E-state index contributed by atoms with van der Waals surface area (Å²) in [6, 6.07) is 14.4. The fourth-order valence-corrected chi connectivity index (χ4v) is 6.44. The normalized spacial score (nSPS) is 13.0. The van der Waals surface area contributed by atoms with Gasteiger partial charge in [0.05, 0.1) is 18.9 Å². The van der Waals surface area contributed by atoms with Gasteiger partial charge in [0.1, 0.15) is 5.75 Å². The molecule has 0 saturated heterocycles. The molecule has 0 spiro atoms. The van der Waals surface area contributed by atoms with Crippen molar-refractivity contribution in [3.05, 3.63) is 70.3 Å². The molecule has 1 aliphatic heterocycles. The lowest BCUT2D eigenvalue weighted by Crippen LogP contribution is -2.20. The second-order valence-corrected chi connectivity index (χ2v) is 13.8. The van der Waals surface area contributed by atoms with Crippen LogP contribution in [0.2, 0.25) is 0 Å². The maximum atomic E-state index is 13.1. The summed E-state index contributed by atoms with van der Waals surface area (Å²) in [6.07, 6.45) is 16.4. The molecule has 1 aliphatic rings. The van der Waals surface area contributed by atoms with E-state index in [0.29, 0.717) is 6.42 Å². The number of halogens is 1. The van der Waals surface area contributed by atoms with Crippen LogP contribution in [0.4, 0.5) is 5.69 Å². The molecule has 0 atom stereocenters. The molecule has 0 fully saturated rings. The summed E-state index contributed by atoms with van der Waals surface area (Å²) >= 11 is 1.81. The monoisotopic (exact) mass is 672 g/mol. The minimum Gasteiger partial charge on any atom is -0.493 e. The van der Waals surface area contributed by atoms with Crippen LogP contribution < -0.4 is 10.1 Å². The fraction of sp³-hybridized carbons (Fsp3) is 0.595. The number of ether oxygens (including phenoxy) is 1. The van der Waals surface area contributed by atoms with Crippen LogP contribution in [-0.4, -0.2) is 23.3 Å². The van der Waals surface area contributed by atoms with Gasteiger partial charge >= 0.3 is 0 Å². The molecular weight excluding hydrogens is 616 g/mol. The minimum atomic E-state index is -0.0218. The maximum Gasteiger partial charge on any atom is 0.228 e. The largest absolute Gasteiger partial charge is 0.493 e. The van der Waals surface area contributed by atoms with Crippen LogP contribution in [0.5, 0.6) is 5.75 Å². The first-order valence-electron chi connectivity index (χ1n) is 16.4. The number of rotatable bonds is 19. The van der Waals surface area contributed by atoms with Crippen LogP contribution in [0.3, 0.4) is 0 Å². The Morgan fingerprint density at radius 3 is 2.14 bits per heavy atom. The summed E-state index contributed by atoms with van der Waals surface area (Å²) in [7, 11) is 0. The van der Waals surface area contributed by atoms with Crippen LogP contribution in [0.1, 0.15) is 128 Å². The summed E-state index contributed by atoms with van der Waals surface area (Å²) in [5.74, 6) is 1.88. The third-order valence-electron chi connectivity index (χ3n) is 8.11. The van der Waals surface area contributed by atoms with Gasteiger partial charge in [-0.25, -0.2) is 0 Å². The number of amides is 1. The van der Waals surface area contributed by atoms with E-state index >= 15 is 0 Å². The van der Waals surface area contributed by atoms with Gasteiger partial charge in [-0.1, -0.05) is 129 Å². The van der Waals surface area contributed by atoms with Gasteiger partial charge in [0.15, 0.2) is 0 Å². The van der Waals surface area contributed by atoms with Crippen molar-refractivity contribution in [2.45, 2.75) is 130 Å². The average molecular weight is 674 g/mol. The van der Waals surface area contributed by atoms with Gasteiger partial charge < -0.3 is 15.0 Å². The fourth-order valence-electron chi connectivity index (χ4n) is 5.50. The molecule has 43 heavy (non-hydrogen) atoms. The predicted octanol–water partition coefficient (Wildman–Crippen LogP) is 11.2. The molecule has 6 heteroatoms. The first-order valence-corrected chi connectivity index (χ1v) is 17.5. The van der Waals surface area contributed by atoms with E-state index < -0.39 is 0 Å². The predicted molar refractivity (Wildman–Crippen MR) is 193 cm³/mol. The van der Waals surface area contributed by atoms with E-state index in [2.05, 4.69) is 74.5 Å². The Morgan fingerprint density at radius 1 is 0.907 bits per heavy atom. The van der Waals surface area contributed by atoms with Gasteiger partial charge in [-0.2, -0.15) is 0 Å². The number of carbonyl (C=O) groups is 1. The number of hydrogen-bond donors (Lipinski definition) is 1. The molecule has 4 nitrogen and oxygen atoms in total. The summed E-state index contributed by atoms with van der Waals surface area (Å²) < 4.78 is 6.36. The molecule has 3 rings (SSSR count). The molecule has 0 bridgehead atoms. The van der Waals surface area contributed by atoms with Crippen LogP contribution in [0, 0.1) is 0 Å². The number of nitrogens with one attached hydrogen (secondary N) is 1. The third-order valence-corrected chi connectivity index (χ3v) is 9.08. The van der Waals surface area contributed by atoms with E-state index in [1.54, 1.807) is 0 Å². The van der Waals surface area contributed by atoms with Gasteiger partial charge in [0, 0.05) is 17.9 Å². The van der Waals surface area contributed by atoms with E-state index in [4.69, 9.17) is 4.74 Å². The molecule has 240 valence electrons. The Kier molecular flexibility index (Phi) is 17.5. The lowest BCUT2D eigenvalue weighted by Gasteiger charge is -2.24. The van der Waals surface area contributed by atoms with Crippen molar-refractivity contribution in [2.75, 3.05) is 17.8 Å². The quantitative estimate of drug-likeness (QED) is 0.151. The molecule has 0 unspecified atom stereocenters. The zero-order chi connectivity index (χ0) is 30.2. The minimum absolute atomic E-state index is 0. The second-order valence-electron chi connectivity index (χ2n) is 13.0. The molecule has 0 radical (unpaired) electrons. The van der Waals surface area contributed by atoms with Crippen molar-refractivity contribution >= 4 is 40.3 Å². The molecule has 0 aromatic heterocycles. The number of anilines is 1. The number of para-hydroxylation sites is 1. The molecule has 2 aromatic rings. The summed E-state index contributed by atoms with van der Waals surface area (Å²) in [5, 5.41) is 5.37. The van der Waals surface area contributed by atoms with Crippen molar-refractivity contribution in [2.24, 2.45) is 0 Å². The highest BCUT2D eigenvalue weighted by Crippen LogP contribution is 2.33. The van der Waals surface area contributed by atoms with Crippen LogP contribution >= 0.6 is 28.7 Å². The number of nitrogens with zero attached hydrogens (tertiary/aromatic N) is 1. The standard InChI is InChI=1S/C37H56N2O2S.BrH/c1-6-7-8-9-10-11-12-13-14-15-16-19-24-41-35-25-31(22-23-33(35)37(3,4)5)26-36(40)38-34-21-18-17-20-32(34)27-39-29-42-28-30(39)2;/h17-18,20-23,25,28H,6-16,19,24,26-27,29H2,1-5H3,(H,38,40);1H. The van der Waals surface area contributed by atoms with Crippen LogP contribution in [-0.2, 0) is 23.2 Å². The molecule has 0 aliphatic carbocycles. The van der Waals surface area contributed by atoms with Crippen molar-refractivity contribution in [1.82, 2.24) is 4.90 Å². The van der Waals surface area contributed by atoms with Crippen molar-refractivity contribution < 1.29 is 9.53 Å². The van der Waals surface area contributed by atoms with Crippen molar-refractivity contribution in [3.63, 3.8) is 0 Å². The summed E-state index contributed by atoms with van der Waals surface area (Å²) in [5.41, 5.74) is 5.46. The van der Waals surface area contributed by atoms with Crippen LogP contribution in [0.15, 0.2) is 53.6 Å². The Balaban J connectivity index is 0.00000645. The van der Waals surface area contributed by atoms with Gasteiger partial charge in [-0.3, -0.25) is 4.79 Å². The van der Waals surface area contributed by atoms with Crippen molar-refractivity contribution in [3.8, 4) is 5.75 Å². The molecule has 1 amide bonds. The lowest BCUT2D eigenvalue weighted by molar-refractivity contribution is -0.115. The molecular formula is C37H57BrN2O2S. The van der Waals surface area contributed by atoms with Gasteiger partial charge in [0.2, 0.25) is 5.91 Å². The number of benzene rings is 2. The smallest absolute Gasteiger partial charge is 0.228 e. The van der Waals surface area contributed by atoms with Crippen molar-refractivity contribution in [1.29, 1.82) is 0 Å². The Bertz CT molecular complexity index is 1130. The summed E-state index contributed by atoms with van der Waals surface area (Å²) in [6.45, 7) is 12.6. The highest BCUT2D eigenvalue weighted by Gasteiger charge is 2.20. The Labute approximate surface area is 277 Å². The molecule has 2 aromatic carbocycles. The number of thioether (sulfide) groups is 1. The maximum absolute atomic E-state index is 13.1. The Hall–Kier alpha value is -1.92. The summed E-state index contributed by atoms with van der Waals surface area (Å²) in [4.78, 5) is 15.5. The van der Waals surface area contributed by atoms with E-state index in [1.807, 2.05) is 30.0 Å². The third kappa shape index (κ3) is 13.7. The Morgan fingerprint density at radius 2 is 1.53 bits per heavy atom. The van der Waals surface area contributed by atoms with E-state index in [1.165, 1.54) is 81.9 Å². The highest BCUT2D eigenvalue weighted by molar-refractivity contribution is 8.93. The zero-order valence-electron chi connectivity index (χ0n) is 27.5. The number of allylic oxidation sites excluding steroid dienone is 1. The van der Waals surface area contributed by atoms with Gasteiger partial charge in [0.25, 0.3) is 0 Å². The van der Waals surface area contributed by atoms with Crippen LogP contribution in [0.25, 0.3) is 0 Å².